The Bertz CT molecular complexity index is 617. The molecule has 0 atom stereocenters. The van der Waals surface area contributed by atoms with Crippen molar-refractivity contribution in [3.8, 4) is 11.4 Å². The van der Waals surface area contributed by atoms with Gasteiger partial charge in [0.2, 0.25) is 5.91 Å². The monoisotopic (exact) mass is 369 g/mol. The normalized spacial score (nSPS) is 10.2. The smallest absolute Gasteiger partial charge is 0.225 e. The number of unbranched alkanes of at least 4 members (excludes halogenated alkanes) is 1. The second-order valence-corrected chi connectivity index (χ2v) is 6.38. The molecule has 0 unspecified atom stereocenters. The fraction of sp³-hybridized carbons (Fsp3) is 0.438. The number of hydrogen-bond donors (Lipinski definition) is 3. The minimum absolute atomic E-state index is 0. The Morgan fingerprint density at radius 2 is 2.04 bits per heavy atom. The first-order valence-corrected chi connectivity index (χ1v) is 8.97. The minimum Gasteiger partial charge on any atom is -0.326 e. The zero-order chi connectivity index (χ0) is 16.5. The molecule has 0 aliphatic rings. The zero-order valence-electron chi connectivity index (χ0n) is 13.7. The molecule has 1 aromatic heterocycles. The molecule has 0 aliphatic carbocycles. The lowest BCUT2D eigenvalue weighted by molar-refractivity contribution is -0.115. The van der Waals surface area contributed by atoms with Gasteiger partial charge >= 0.3 is 0 Å². The third kappa shape index (κ3) is 6.51. The van der Waals surface area contributed by atoms with Crippen molar-refractivity contribution in [2.24, 2.45) is 5.73 Å². The molecule has 132 valence electrons. The summed E-state index contributed by atoms with van der Waals surface area (Å²) in [6.07, 6.45) is 2.95. The average Bonchev–Trinajstić information content (AvgIpc) is 3.04. The van der Waals surface area contributed by atoms with Gasteiger partial charge in [-0.15, -0.1) is 12.4 Å². The van der Waals surface area contributed by atoms with E-state index >= 15 is 0 Å². The van der Waals surface area contributed by atoms with Gasteiger partial charge in [0.15, 0.2) is 5.82 Å². The molecule has 0 radical (unpaired) electrons. The lowest BCUT2D eigenvalue weighted by Crippen LogP contribution is -2.12. The molecule has 0 saturated carbocycles. The van der Waals surface area contributed by atoms with Crippen LogP contribution in [-0.2, 0) is 11.3 Å². The molecule has 0 saturated heterocycles. The first-order chi connectivity index (χ1) is 11.2. The summed E-state index contributed by atoms with van der Waals surface area (Å²) < 4.78 is 0. The molecule has 0 aliphatic heterocycles. The van der Waals surface area contributed by atoms with Crippen LogP contribution in [0.4, 0.5) is 5.69 Å². The molecule has 1 aromatic carbocycles. The van der Waals surface area contributed by atoms with E-state index < -0.39 is 0 Å². The Morgan fingerprint density at radius 1 is 1.29 bits per heavy atom. The van der Waals surface area contributed by atoms with Gasteiger partial charge in [-0.05, 0) is 36.4 Å². The van der Waals surface area contributed by atoms with Gasteiger partial charge in [0.1, 0.15) is 5.82 Å². The number of aromatic amines is 1. The topological polar surface area (TPSA) is 96.7 Å². The van der Waals surface area contributed by atoms with E-state index in [1.807, 2.05) is 36.0 Å². The number of rotatable bonds is 9. The van der Waals surface area contributed by atoms with Crippen molar-refractivity contribution in [3.05, 3.63) is 30.1 Å². The second-order valence-electron chi connectivity index (χ2n) is 5.15. The third-order valence-corrected chi connectivity index (χ3v) is 4.34. The summed E-state index contributed by atoms with van der Waals surface area (Å²) in [5.41, 5.74) is 7.17. The Labute approximate surface area is 152 Å². The van der Waals surface area contributed by atoms with Crippen molar-refractivity contribution in [1.29, 1.82) is 0 Å². The molecule has 0 spiro atoms. The molecular formula is C16H24ClN5OS. The van der Waals surface area contributed by atoms with E-state index in [0.29, 0.717) is 24.6 Å². The SMILES string of the molecule is CCCCSCCC(=O)Nc1ccc(-c2n[nH]c(CN)n2)cc1.Cl. The van der Waals surface area contributed by atoms with E-state index in [1.165, 1.54) is 12.8 Å². The predicted molar refractivity (Wildman–Crippen MR) is 102 cm³/mol. The van der Waals surface area contributed by atoms with E-state index in [-0.39, 0.29) is 18.3 Å². The van der Waals surface area contributed by atoms with E-state index in [9.17, 15) is 4.79 Å². The van der Waals surface area contributed by atoms with Crippen LogP contribution in [0.3, 0.4) is 0 Å². The molecule has 4 N–H and O–H groups in total. The average molecular weight is 370 g/mol. The van der Waals surface area contributed by atoms with Gasteiger partial charge in [-0.2, -0.15) is 16.9 Å². The zero-order valence-corrected chi connectivity index (χ0v) is 15.4. The maximum Gasteiger partial charge on any atom is 0.225 e. The van der Waals surface area contributed by atoms with Crippen LogP contribution in [0.2, 0.25) is 0 Å². The van der Waals surface area contributed by atoms with Crippen LogP contribution in [0.15, 0.2) is 24.3 Å². The second kappa shape index (κ2) is 11.1. The van der Waals surface area contributed by atoms with Crippen LogP contribution in [-0.4, -0.2) is 32.6 Å². The molecule has 2 rings (SSSR count). The summed E-state index contributed by atoms with van der Waals surface area (Å²) in [4.78, 5) is 16.1. The Balaban J connectivity index is 0.00000288. The molecule has 24 heavy (non-hydrogen) atoms. The number of nitrogens with two attached hydrogens (primary N) is 1. The van der Waals surface area contributed by atoms with Crippen LogP contribution in [0.5, 0.6) is 0 Å². The lowest BCUT2D eigenvalue weighted by atomic mass is 10.2. The molecule has 0 bridgehead atoms. The first-order valence-electron chi connectivity index (χ1n) is 7.82. The van der Waals surface area contributed by atoms with Crippen LogP contribution < -0.4 is 11.1 Å². The number of nitrogens with zero attached hydrogens (tertiary/aromatic N) is 2. The molecule has 6 nitrogen and oxygen atoms in total. The van der Waals surface area contributed by atoms with Gasteiger partial charge in [0.05, 0.1) is 6.54 Å². The van der Waals surface area contributed by atoms with Crippen molar-refractivity contribution in [2.75, 3.05) is 16.8 Å². The van der Waals surface area contributed by atoms with Gasteiger partial charge in [-0.1, -0.05) is 13.3 Å². The number of aromatic nitrogens is 3. The summed E-state index contributed by atoms with van der Waals surface area (Å²) in [6, 6.07) is 7.48. The lowest BCUT2D eigenvalue weighted by Gasteiger charge is -2.05. The van der Waals surface area contributed by atoms with E-state index in [2.05, 4.69) is 27.4 Å². The number of thioether (sulfide) groups is 1. The maximum atomic E-state index is 11.9. The number of hydrogen-bond acceptors (Lipinski definition) is 5. The number of anilines is 1. The molecule has 1 heterocycles. The van der Waals surface area contributed by atoms with Gasteiger partial charge in [-0.3, -0.25) is 9.89 Å². The Kier molecular flexibility index (Phi) is 9.44. The summed E-state index contributed by atoms with van der Waals surface area (Å²) in [5, 5.41) is 9.79. The number of amides is 1. The highest BCUT2D eigenvalue weighted by atomic mass is 35.5. The number of benzene rings is 1. The van der Waals surface area contributed by atoms with Crippen molar-refractivity contribution < 1.29 is 4.79 Å². The number of carbonyl (C=O) groups is 1. The predicted octanol–water partition coefficient (Wildman–Crippen LogP) is 3.21. The highest BCUT2D eigenvalue weighted by Crippen LogP contribution is 2.18. The van der Waals surface area contributed by atoms with Gasteiger partial charge in [-0.25, -0.2) is 4.98 Å². The number of H-pyrrole nitrogens is 1. The molecule has 0 fully saturated rings. The quantitative estimate of drug-likeness (QED) is 0.589. The molecule has 8 heteroatoms. The molecule has 1 amide bonds. The van der Waals surface area contributed by atoms with Crippen LogP contribution >= 0.6 is 24.2 Å². The number of halogens is 1. The Hall–Kier alpha value is -1.57. The van der Waals surface area contributed by atoms with Crippen molar-refractivity contribution in [3.63, 3.8) is 0 Å². The number of nitrogens with one attached hydrogen (secondary N) is 2. The van der Waals surface area contributed by atoms with Gasteiger partial charge in [0.25, 0.3) is 0 Å². The maximum absolute atomic E-state index is 11.9. The fourth-order valence-electron chi connectivity index (χ4n) is 1.96. The van der Waals surface area contributed by atoms with Crippen molar-refractivity contribution >= 4 is 35.8 Å². The summed E-state index contributed by atoms with van der Waals surface area (Å²) in [6.45, 7) is 2.50. The van der Waals surface area contributed by atoms with Crippen molar-refractivity contribution in [2.45, 2.75) is 32.7 Å². The van der Waals surface area contributed by atoms with E-state index in [4.69, 9.17) is 5.73 Å². The standard InChI is InChI=1S/C16H23N5OS.ClH/c1-2-3-9-23-10-8-15(22)18-13-6-4-12(5-7-13)16-19-14(11-17)20-21-16;/h4-7H,2-3,8-11,17H2,1H3,(H,18,22)(H,19,20,21);1H. The Morgan fingerprint density at radius 3 is 2.67 bits per heavy atom. The summed E-state index contributed by atoms with van der Waals surface area (Å²) in [7, 11) is 0. The highest BCUT2D eigenvalue weighted by molar-refractivity contribution is 7.99. The largest absolute Gasteiger partial charge is 0.326 e. The molecular weight excluding hydrogens is 346 g/mol. The molecule has 2 aromatic rings. The van der Waals surface area contributed by atoms with Gasteiger partial charge in [0, 0.05) is 23.4 Å². The summed E-state index contributed by atoms with van der Waals surface area (Å²) >= 11 is 1.83. The first kappa shape index (κ1) is 20.5. The summed E-state index contributed by atoms with van der Waals surface area (Å²) in [5.74, 6) is 3.29. The van der Waals surface area contributed by atoms with Crippen LogP contribution in [0.25, 0.3) is 11.4 Å². The fourth-order valence-corrected chi connectivity index (χ4v) is 2.98. The van der Waals surface area contributed by atoms with Gasteiger partial charge < -0.3 is 11.1 Å². The van der Waals surface area contributed by atoms with E-state index in [0.717, 1.165) is 22.8 Å². The van der Waals surface area contributed by atoms with Crippen LogP contribution in [0.1, 0.15) is 32.0 Å². The van der Waals surface area contributed by atoms with Crippen molar-refractivity contribution in [1.82, 2.24) is 15.2 Å². The number of carbonyl (C=O) groups excluding carboxylic acids is 1. The van der Waals surface area contributed by atoms with Crippen LogP contribution in [0, 0.1) is 0 Å². The highest BCUT2D eigenvalue weighted by Gasteiger charge is 2.06. The minimum atomic E-state index is 0. The van der Waals surface area contributed by atoms with E-state index in [1.54, 1.807) is 0 Å². The third-order valence-electron chi connectivity index (χ3n) is 3.27.